The van der Waals surface area contributed by atoms with Crippen molar-refractivity contribution in [2.24, 2.45) is 7.05 Å². The lowest BCUT2D eigenvalue weighted by Crippen LogP contribution is -2.37. The average molecular weight is 304 g/mol. The molecule has 0 unspecified atom stereocenters. The highest BCUT2D eigenvalue weighted by molar-refractivity contribution is 5.77. The first-order chi connectivity index (χ1) is 10.6. The van der Waals surface area contributed by atoms with Gasteiger partial charge in [-0.1, -0.05) is 19.1 Å². The summed E-state index contributed by atoms with van der Waals surface area (Å²) in [6, 6.07) is 6.12. The van der Waals surface area contributed by atoms with Crippen LogP contribution in [0, 0.1) is 5.82 Å². The Kier molecular flexibility index (Phi) is 5.66. The van der Waals surface area contributed by atoms with E-state index in [0.717, 1.165) is 17.9 Å². The van der Waals surface area contributed by atoms with Gasteiger partial charge in [-0.3, -0.25) is 9.69 Å². The van der Waals surface area contributed by atoms with Crippen LogP contribution >= 0.6 is 0 Å². The van der Waals surface area contributed by atoms with Crippen molar-refractivity contribution in [2.45, 2.75) is 20.0 Å². The molecule has 22 heavy (non-hydrogen) atoms. The van der Waals surface area contributed by atoms with Gasteiger partial charge < -0.3 is 9.88 Å². The molecule has 0 fully saturated rings. The van der Waals surface area contributed by atoms with Crippen molar-refractivity contribution >= 4 is 5.91 Å². The van der Waals surface area contributed by atoms with Crippen LogP contribution in [-0.2, 0) is 24.9 Å². The van der Waals surface area contributed by atoms with Gasteiger partial charge in [0.2, 0.25) is 5.91 Å². The van der Waals surface area contributed by atoms with Gasteiger partial charge in [0.25, 0.3) is 0 Å². The average Bonchev–Trinajstić information content (AvgIpc) is 2.91. The largest absolute Gasteiger partial charge is 0.351 e. The molecule has 0 radical (unpaired) electrons. The molecular weight excluding hydrogens is 283 g/mol. The number of aromatic nitrogens is 2. The summed E-state index contributed by atoms with van der Waals surface area (Å²) < 4.78 is 14.8. The van der Waals surface area contributed by atoms with E-state index in [4.69, 9.17) is 0 Å². The number of likely N-dealkylation sites (N-methyl/N-ethyl adjacent to an activating group) is 1. The summed E-state index contributed by atoms with van der Waals surface area (Å²) >= 11 is 0. The summed E-state index contributed by atoms with van der Waals surface area (Å²) in [4.78, 5) is 18.3. The Morgan fingerprint density at radius 2 is 2.09 bits per heavy atom. The third-order valence-corrected chi connectivity index (χ3v) is 3.50. The van der Waals surface area contributed by atoms with Crippen LogP contribution in [0.1, 0.15) is 18.3 Å². The number of aryl methyl sites for hydroxylation is 1. The normalized spacial score (nSPS) is 10.9. The number of amides is 1. The molecule has 1 N–H and O–H groups in total. The standard InChI is InChI=1S/C16H21FN4O/c1-3-21(11-15-18-8-9-20(15)2)12-16(22)19-10-13-4-6-14(17)7-5-13/h4-9H,3,10-12H2,1-2H3,(H,19,22). The van der Waals surface area contributed by atoms with Gasteiger partial charge in [0.1, 0.15) is 11.6 Å². The van der Waals surface area contributed by atoms with E-state index >= 15 is 0 Å². The van der Waals surface area contributed by atoms with E-state index in [0.29, 0.717) is 19.6 Å². The first kappa shape index (κ1) is 16.2. The monoisotopic (exact) mass is 304 g/mol. The van der Waals surface area contributed by atoms with Gasteiger partial charge in [0, 0.05) is 26.0 Å². The van der Waals surface area contributed by atoms with Crippen molar-refractivity contribution in [1.29, 1.82) is 0 Å². The van der Waals surface area contributed by atoms with E-state index in [1.807, 2.05) is 29.6 Å². The summed E-state index contributed by atoms with van der Waals surface area (Å²) in [6.07, 6.45) is 3.63. The van der Waals surface area contributed by atoms with Crippen LogP contribution in [-0.4, -0.2) is 33.4 Å². The zero-order chi connectivity index (χ0) is 15.9. The lowest BCUT2D eigenvalue weighted by Gasteiger charge is -2.19. The molecule has 118 valence electrons. The number of carbonyl (C=O) groups is 1. The predicted octanol–water partition coefficient (Wildman–Crippen LogP) is 1.70. The Hall–Kier alpha value is -2.21. The maximum absolute atomic E-state index is 12.8. The Morgan fingerprint density at radius 1 is 1.36 bits per heavy atom. The maximum Gasteiger partial charge on any atom is 0.234 e. The Balaban J connectivity index is 1.81. The number of nitrogens with zero attached hydrogens (tertiary/aromatic N) is 3. The number of benzene rings is 1. The highest BCUT2D eigenvalue weighted by Crippen LogP contribution is 2.03. The smallest absolute Gasteiger partial charge is 0.234 e. The fraction of sp³-hybridized carbons (Fsp3) is 0.375. The molecule has 0 aliphatic carbocycles. The van der Waals surface area contributed by atoms with Crippen LogP contribution < -0.4 is 5.32 Å². The molecule has 1 heterocycles. The topological polar surface area (TPSA) is 50.2 Å². The molecule has 5 nitrogen and oxygen atoms in total. The number of hydrogen-bond donors (Lipinski definition) is 1. The quantitative estimate of drug-likeness (QED) is 0.847. The van der Waals surface area contributed by atoms with E-state index in [1.54, 1.807) is 18.3 Å². The van der Waals surface area contributed by atoms with Crippen molar-refractivity contribution in [2.75, 3.05) is 13.1 Å². The Labute approximate surface area is 129 Å². The molecule has 0 saturated carbocycles. The van der Waals surface area contributed by atoms with Crippen molar-refractivity contribution in [3.63, 3.8) is 0 Å². The van der Waals surface area contributed by atoms with Crippen molar-refractivity contribution < 1.29 is 9.18 Å². The molecule has 2 aromatic rings. The molecule has 0 atom stereocenters. The number of halogens is 1. The number of hydrogen-bond acceptors (Lipinski definition) is 3. The summed E-state index contributed by atoms with van der Waals surface area (Å²) in [5, 5.41) is 2.85. The van der Waals surface area contributed by atoms with Crippen LogP contribution in [0.15, 0.2) is 36.7 Å². The third kappa shape index (κ3) is 4.66. The summed E-state index contributed by atoms with van der Waals surface area (Å²) in [6.45, 7) is 4.11. The van der Waals surface area contributed by atoms with E-state index in [2.05, 4.69) is 10.3 Å². The number of imidazole rings is 1. The zero-order valence-electron chi connectivity index (χ0n) is 12.9. The minimum Gasteiger partial charge on any atom is -0.351 e. The van der Waals surface area contributed by atoms with Gasteiger partial charge in [-0.25, -0.2) is 9.37 Å². The SMILES string of the molecule is CCN(CC(=O)NCc1ccc(F)cc1)Cc1nccn1C. The van der Waals surface area contributed by atoms with E-state index in [9.17, 15) is 9.18 Å². The third-order valence-electron chi connectivity index (χ3n) is 3.50. The molecule has 0 bridgehead atoms. The minimum absolute atomic E-state index is 0.0552. The predicted molar refractivity (Wildman–Crippen MR) is 82.4 cm³/mol. The fourth-order valence-electron chi connectivity index (χ4n) is 2.09. The Bertz CT molecular complexity index is 609. The molecule has 0 aliphatic heterocycles. The molecule has 1 aromatic heterocycles. The van der Waals surface area contributed by atoms with Crippen LogP contribution in [0.3, 0.4) is 0 Å². The molecule has 1 amide bonds. The van der Waals surface area contributed by atoms with E-state index in [-0.39, 0.29) is 11.7 Å². The number of rotatable bonds is 7. The van der Waals surface area contributed by atoms with Gasteiger partial charge in [-0.15, -0.1) is 0 Å². The molecule has 0 saturated heterocycles. The molecule has 0 spiro atoms. The van der Waals surface area contributed by atoms with Crippen LogP contribution in [0.5, 0.6) is 0 Å². The second-order valence-electron chi connectivity index (χ2n) is 5.16. The first-order valence-corrected chi connectivity index (χ1v) is 7.28. The highest BCUT2D eigenvalue weighted by Gasteiger charge is 2.11. The van der Waals surface area contributed by atoms with Gasteiger partial charge in [0.15, 0.2) is 0 Å². The van der Waals surface area contributed by atoms with Crippen LogP contribution in [0.2, 0.25) is 0 Å². The van der Waals surface area contributed by atoms with Gasteiger partial charge in [-0.05, 0) is 24.2 Å². The number of carbonyl (C=O) groups excluding carboxylic acids is 1. The second-order valence-corrected chi connectivity index (χ2v) is 5.16. The van der Waals surface area contributed by atoms with Crippen molar-refractivity contribution in [1.82, 2.24) is 19.8 Å². The maximum atomic E-state index is 12.8. The fourth-order valence-corrected chi connectivity index (χ4v) is 2.09. The summed E-state index contributed by atoms with van der Waals surface area (Å²) in [5.74, 6) is 0.593. The van der Waals surface area contributed by atoms with Crippen molar-refractivity contribution in [3.8, 4) is 0 Å². The summed E-state index contributed by atoms with van der Waals surface area (Å²) in [5.41, 5.74) is 0.877. The second kappa shape index (κ2) is 7.70. The summed E-state index contributed by atoms with van der Waals surface area (Å²) in [7, 11) is 1.94. The van der Waals surface area contributed by atoms with Gasteiger partial charge in [-0.2, -0.15) is 0 Å². The molecular formula is C16H21FN4O. The van der Waals surface area contributed by atoms with Crippen LogP contribution in [0.25, 0.3) is 0 Å². The molecule has 0 aliphatic rings. The highest BCUT2D eigenvalue weighted by atomic mass is 19.1. The van der Waals surface area contributed by atoms with Gasteiger partial charge in [0.05, 0.1) is 13.1 Å². The number of nitrogens with one attached hydrogen (secondary N) is 1. The lowest BCUT2D eigenvalue weighted by atomic mass is 10.2. The lowest BCUT2D eigenvalue weighted by molar-refractivity contribution is -0.122. The van der Waals surface area contributed by atoms with Crippen molar-refractivity contribution in [3.05, 3.63) is 53.9 Å². The van der Waals surface area contributed by atoms with E-state index < -0.39 is 0 Å². The first-order valence-electron chi connectivity index (χ1n) is 7.28. The van der Waals surface area contributed by atoms with E-state index in [1.165, 1.54) is 12.1 Å². The Morgan fingerprint density at radius 3 is 2.68 bits per heavy atom. The minimum atomic E-state index is -0.276. The van der Waals surface area contributed by atoms with Gasteiger partial charge >= 0.3 is 0 Å². The molecule has 6 heteroatoms. The van der Waals surface area contributed by atoms with Crippen LogP contribution in [0.4, 0.5) is 4.39 Å². The zero-order valence-corrected chi connectivity index (χ0v) is 12.9. The molecule has 1 aromatic carbocycles. The molecule has 2 rings (SSSR count).